The molecule has 2 atom stereocenters. The Morgan fingerprint density at radius 2 is 2.12 bits per heavy atom. The third-order valence-electron chi connectivity index (χ3n) is 3.02. The summed E-state index contributed by atoms with van der Waals surface area (Å²) in [4.78, 5) is 4.56. The lowest BCUT2D eigenvalue weighted by atomic mass is 10.0. The summed E-state index contributed by atoms with van der Waals surface area (Å²) < 4.78 is 0. The average molecular weight is 248 g/mol. The van der Waals surface area contributed by atoms with Gasteiger partial charge >= 0.3 is 0 Å². The van der Waals surface area contributed by atoms with Crippen molar-refractivity contribution in [2.45, 2.75) is 70.4 Å². The van der Waals surface area contributed by atoms with Crippen LogP contribution in [0.4, 0.5) is 0 Å². The van der Waals surface area contributed by atoms with Crippen LogP contribution in [0.25, 0.3) is 0 Å². The van der Waals surface area contributed by atoms with Crippen LogP contribution in [0.15, 0.2) is 4.99 Å². The van der Waals surface area contributed by atoms with Crippen LogP contribution in [-0.2, 0) is 0 Å². The molecule has 1 aliphatic heterocycles. The van der Waals surface area contributed by atoms with Crippen molar-refractivity contribution in [3.05, 3.63) is 0 Å². The first-order valence-corrected chi connectivity index (χ1v) is 6.26. The molecule has 4 heteroatoms. The molecule has 0 spiro atoms. The van der Waals surface area contributed by atoms with E-state index in [1.54, 1.807) is 0 Å². The highest BCUT2D eigenvalue weighted by atomic mass is 35.5. The van der Waals surface area contributed by atoms with Gasteiger partial charge in [0.1, 0.15) is 0 Å². The van der Waals surface area contributed by atoms with Gasteiger partial charge in [-0.1, -0.05) is 19.3 Å². The SMILES string of the molecule is C[C@@H](N)CCCC[C@@H]1CCCCC(N)=N1.Cl. The van der Waals surface area contributed by atoms with Gasteiger partial charge in [0, 0.05) is 12.5 Å². The fourth-order valence-corrected chi connectivity index (χ4v) is 2.10. The molecular weight excluding hydrogens is 222 g/mol. The topological polar surface area (TPSA) is 64.4 Å². The minimum atomic E-state index is 0. The van der Waals surface area contributed by atoms with E-state index in [0.717, 1.165) is 18.7 Å². The Bertz CT molecular complexity index is 204. The maximum absolute atomic E-state index is 5.81. The number of nitrogens with two attached hydrogens (primary N) is 2. The Kier molecular flexibility index (Phi) is 8.67. The molecule has 0 radical (unpaired) electrons. The Labute approximate surface area is 105 Å². The fourth-order valence-electron chi connectivity index (χ4n) is 2.10. The normalized spacial score (nSPS) is 22.9. The van der Waals surface area contributed by atoms with Crippen LogP contribution in [0.3, 0.4) is 0 Å². The lowest BCUT2D eigenvalue weighted by Gasteiger charge is -2.11. The maximum Gasteiger partial charge on any atom is 0.0940 e. The Morgan fingerprint density at radius 1 is 1.38 bits per heavy atom. The molecule has 0 unspecified atom stereocenters. The highest BCUT2D eigenvalue weighted by Crippen LogP contribution is 2.17. The van der Waals surface area contributed by atoms with Crippen molar-refractivity contribution in [2.75, 3.05) is 0 Å². The number of halogens is 1. The molecule has 0 bridgehead atoms. The average Bonchev–Trinajstić information content (AvgIpc) is 2.37. The first-order chi connectivity index (χ1) is 7.18. The predicted molar refractivity (Wildman–Crippen MR) is 73.2 cm³/mol. The van der Waals surface area contributed by atoms with E-state index < -0.39 is 0 Å². The molecule has 1 rings (SSSR count). The molecule has 0 aromatic rings. The summed E-state index contributed by atoms with van der Waals surface area (Å²) in [6.45, 7) is 2.07. The summed E-state index contributed by atoms with van der Waals surface area (Å²) in [5, 5.41) is 0. The van der Waals surface area contributed by atoms with Crippen molar-refractivity contribution in [3.8, 4) is 0 Å². The number of rotatable bonds is 5. The lowest BCUT2D eigenvalue weighted by Crippen LogP contribution is -2.15. The number of hydrogen-bond donors (Lipinski definition) is 2. The standard InChI is InChI=1S/C12H25N3.ClH/c1-10(13)6-2-3-7-11-8-4-5-9-12(14)15-11;/h10-11H,2-9,13H2,1H3,(H2,14,15);1H/t10-,11-;/m1./s1. The van der Waals surface area contributed by atoms with Crippen LogP contribution in [-0.4, -0.2) is 17.9 Å². The third kappa shape index (κ3) is 7.07. The van der Waals surface area contributed by atoms with E-state index in [4.69, 9.17) is 11.5 Å². The third-order valence-corrected chi connectivity index (χ3v) is 3.02. The molecule has 0 saturated heterocycles. The second-order valence-electron chi connectivity index (χ2n) is 4.78. The highest BCUT2D eigenvalue weighted by molar-refractivity contribution is 5.85. The van der Waals surface area contributed by atoms with Gasteiger partial charge in [0.15, 0.2) is 0 Å². The van der Waals surface area contributed by atoms with Gasteiger partial charge < -0.3 is 11.5 Å². The Hall–Kier alpha value is -0.280. The van der Waals surface area contributed by atoms with Crippen LogP contribution in [0, 0.1) is 0 Å². The van der Waals surface area contributed by atoms with E-state index >= 15 is 0 Å². The molecule has 3 nitrogen and oxygen atoms in total. The summed E-state index contributed by atoms with van der Waals surface area (Å²) in [7, 11) is 0. The van der Waals surface area contributed by atoms with Crippen molar-refractivity contribution >= 4 is 18.2 Å². The summed E-state index contributed by atoms with van der Waals surface area (Å²) in [6, 6.07) is 0.827. The molecular formula is C12H26ClN3. The van der Waals surface area contributed by atoms with Crippen LogP contribution in [0.1, 0.15) is 58.3 Å². The molecule has 1 aliphatic rings. The van der Waals surface area contributed by atoms with Crippen molar-refractivity contribution in [1.29, 1.82) is 0 Å². The van der Waals surface area contributed by atoms with Crippen LogP contribution in [0.2, 0.25) is 0 Å². The minimum Gasteiger partial charge on any atom is -0.387 e. The fraction of sp³-hybridized carbons (Fsp3) is 0.917. The first-order valence-electron chi connectivity index (χ1n) is 6.26. The van der Waals surface area contributed by atoms with E-state index in [0.29, 0.717) is 12.1 Å². The molecule has 4 N–H and O–H groups in total. The van der Waals surface area contributed by atoms with Gasteiger partial charge in [-0.2, -0.15) is 0 Å². The van der Waals surface area contributed by atoms with Gasteiger partial charge in [-0.25, -0.2) is 0 Å². The summed E-state index contributed by atoms with van der Waals surface area (Å²) in [6.07, 6.45) is 9.49. The van der Waals surface area contributed by atoms with Gasteiger partial charge in [-0.3, -0.25) is 4.99 Å². The van der Waals surface area contributed by atoms with Gasteiger partial charge in [0.05, 0.1) is 11.9 Å². The second-order valence-corrected chi connectivity index (χ2v) is 4.78. The number of unbranched alkanes of at least 4 members (excludes halogenated alkanes) is 1. The number of amidine groups is 1. The highest BCUT2D eigenvalue weighted by Gasteiger charge is 2.11. The van der Waals surface area contributed by atoms with Crippen LogP contribution in [0.5, 0.6) is 0 Å². The predicted octanol–water partition coefficient (Wildman–Crippen LogP) is 2.62. The molecule has 0 amide bonds. The first kappa shape index (κ1) is 15.7. The second kappa shape index (κ2) is 8.82. The van der Waals surface area contributed by atoms with Crippen molar-refractivity contribution in [2.24, 2.45) is 16.5 Å². The van der Waals surface area contributed by atoms with Gasteiger partial charge in [0.25, 0.3) is 0 Å². The summed E-state index contributed by atoms with van der Waals surface area (Å²) in [5.74, 6) is 0.865. The molecule has 96 valence electrons. The summed E-state index contributed by atoms with van der Waals surface area (Å²) in [5.41, 5.74) is 11.5. The van der Waals surface area contributed by atoms with E-state index in [9.17, 15) is 0 Å². The Balaban J connectivity index is 0.00000225. The lowest BCUT2D eigenvalue weighted by molar-refractivity contribution is 0.502. The zero-order valence-corrected chi connectivity index (χ0v) is 11.1. The van der Waals surface area contributed by atoms with E-state index in [-0.39, 0.29) is 12.4 Å². The largest absolute Gasteiger partial charge is 0.387 e. The smallest absolute Gasteiger partial charge is 0.0940 e. The van der Waals surface area contributed by atoms with Crippen molar-refractivity contribution in [1.82, 2.24) is 0 Å². The van der Waals surface area contributed by atoms with E-state index in [1.165, 1.54) is 38.5 Å². The number of aliphatic imine (C=N–C) groups is 1. The zero-order valence-electron chi connectivity index (χ0n) is 10.3. The zero-order chi connectivity index (χ0) is 11.1. The molecule has 0 saturated carbocycles. The molecule has 0 fully saturated rings. The molecule has 0 aromatic carbocycles. The van der Waals surface area contributed by atoms with Crippen LogP contribution < -0.4 is 11.5 Å². The van der Waals surface area contributed by atoms with E-state index in [2.05, 4.69) is 11.9 Å². The molecule has 0 aliphatic carbocycles. The summed E-state index contributed by atoms with van der Waals surface area (Å²) >= 11 is 0. The van der Waals surface area contributed by atoms with Crippen molar-refractivity contribution in [3.63, 3.8) is 0 Å². The van der Waals surface area contributed by atoms with Gasteiger partial charge in [0.2, 0.25) is 0 Å². The van der Waals surface area contributed by atoms with Crippen molar-refractivity contribution < 1.29 is 0 Å². The maximum atomic E-state index is 5.81. The van der Waals surface area contributed by atoms with Gasteiger partial charge in [-0.15, -0.1) is 12.4 Å². The minimum absolute atomic E-state index is 0. The monoisotopic (exact) mass is 247 g/mol. The van der Waals surface area contributed by atoms with Crippen LogP contribution >= 0.6 is 12.4 Å². The van der Waals surface area contributed by atoms with Gasteiger partial charge in [-0.05, 0) is 32.6 Å². The van der Waals surface area contributed by atoms with E-state index in [1.807, 2.05) is 0 Å². The molecule has 0 aromatic heterocycles. The Morgan fingerprint density at radius 3 is 2.81 bits per heavy atom. The quantitative estimate of drug-likeness (QED) is 0.734. The molecule has 16 heavy (non-hydrogen) atoms. The number of hydrogen-bond acceptors (Lipinski definition) is 3. The molecule has 1 heterocycles. The number of nitrogens with zero attached hydrogens (tertiary/aromatic N) is 1.